The van der Waals surface area contributed by atoms with Crippen LogP contribution in [-0.4, -0.2) is 5.94 Å². The largest absolute Gasteiger partial charge is 0.444 e. The predicted octanol–water partition coefficient (Wildman–Crippen LogP) is 1.25. The van der Waals surface area contributed by atoms with Crippen molar-refractivity contribution >= 4 is 11.7 Å². The lowest BCUT2D eigenvalue weighted by atomic mass is 10.1. The second-order valence-corrected chi connectivity index (χ2v) is 2.03. The van der Waals surface area contributed by atoms with E-state index in [1.54, 1.807) is 5.94 Å². The number of para-hydroxylation sites is 1. The van der Waals surface area contributed by atoms with Crippen LogP contribution in [0.2, 0.25) is 0 Å². The van der Waals surface area contributed by atoms with Crippen LogP contribution in [0.15, 0.2) is 24.3 Å². The normalized spacial score (nSPS) is 12.6. The van der Waals surface area contributed by atoms with Gasteiger partial charge >= 0.3 is 0 Å². The van der Waals surface area contributed by atoms with Gasteiger partial charge < -0.3 is 4.74 Å². The highest BCUT2D eigenvalue weighted by atomic mass is 16.5. The van der Waals surface area contributed by atoms with Gasteiger partial charge in [-0.15, -0.1) is 0 Å². The van der Waals surface area contributed by atoms with Crippen LogP contribution in [0.3, 0.4) is 0 Å². The SMILES string of the molecule is O=C=C1Oc2ccccc21. The van der Waals surface area contributed by atoms with Crippen molar-refractivity contribution in [3.05, 3.63) is 29.8 Å². The van der Waals surface area contributed by atoms with Crippen LogP contribution in [0.4, 0.5) is 0 Å². The summed E-state index contributed by atoms with van der Waals surface area (Å²) in [4.78, 5) is 10.1. The minimum Gasteiger partial charge on any atom is -0.444 e. The Bertz CT molecular complexity index is 322. The lowest BCUT2D eigenvalue weighted by Crippen LogP contribution is -2.07. The lowest BCUT2D eigenvalue weighted by Gasteiger charge is -2.18. The molecule has 2 rings (SSSR count). The molecule has 0 bridgehead atoms. The Morgan fingerprint density at radius 2 is 2.10 bits per heavy atom. The smallest absolute Gasteiger partial charge is 0.221 e. The first-order valence-electron chi connectivity index (χ1n) is 2.94. The Morgan fingerprint density at radius 1 is 1.30 bits per heavy atom. The first-order valence-corrected chi connectivity index (χ1v) is 2.94. The van der Waals surface area contributed by atoms with Crippen molar-refractivity contribution in [2.75, 3.05) is 0 Å². The quantitative estimate of drug-likeness (QED) is 0.496. The number of rotatable bonds is 0. The molecule has 1 heterocycles. The van der Waals surface area contributed by atoms with E-state index in [2.05, 4.69) is 0 Å². The van der Waals surface area contributed by atoms with Crippen molar-refractivity contribution in [2.24, 2.45) is 0 Å². The van der Waals surface area contributed by atoms with Crippen LogP contribution in [0, 0.1) is 0 Å². The highest BCUT2D eigenvalue weighted by Crippen LogP contribution is 2.35. The molecule has 1 aromatic carbocycles. The molecule has 0 N–H and O–H groups in total. The fourth-order valence-electron chi connectivity index (χ4n) is 0.938. The third kappa shape index (κ3) is 0.511. The summed E-state index contributed by atoms with van der Waals surface area (Å²) in [6, 6.07) is 7.37. The molecular weight excluding hydrogens is 128 g/mol. The van der Waals surface area contributed by atoms with Crippen molar-refractivity contribution in [1.82, 2.24) is 0 Å². The van der Waals surface area contributed by atoms with Crippen molar-refractivity contribution < 1.29 is 9.53 Å². The molecule has 2 heteroatoms. The number of hydrogen-bond donors (Lipinski definition) is 0. The van der Waals surface area contributed by atoms with Gasteiger partial charge in [0.2, 0.25) is 5.76 Å². The molecule has 1 aromatic rings. The third-order valence-corrected chi connectivity index (χ3v) is 1.44. The van der Waals surface area contributed by atoms with Crippen LogP contribution in [0.25, 0.3) is 5.76 Å². The summed E-state index contributed by atoms with van der Waals surface area (Å²) >= 11 is 0. The van der Waals surface area contributed by atoms with Gasteiger partial charge in [-0.25, -0.2) is 4.79 Å². The molecule has 0 amide bonds. The molecule has 0 aromatic heterocycles. The van der Waals surface area contributed by atoms with Crippen LogP contribution >= 0.6 is 0 Å². The summed E-state index contributed by atoms with van der Waals surface area (Å²) in [5.41, 5.74) is 0.859. The van der Waals surface area contributed by atoms with E-state index < -0.39 is 0 Å². The first kappa shape index (κ1) is 5.27. The van der Waals surface area contributed by atoms with E-state index in [-0.39, 0.29) is 0 Å². The summed E-state index contributed by atoms with van der Waals surface area (Å²) in [5, 5.41) is 0. The molecule has 0 saturated heterocycles. The zero-order valence-corrected chi connectivity index (χ0v) is 5.13. The summed E-state index contributed by atoms with van der Waals surface area (Å²) in [6.07, 6.45) is 0. The molecular formula is C8H4O2. The summed E-state index contributed by atoms with van der Waals surface area (Å²) in [5.74, 6) is 2.78. The van der Waals surface area contributed by atoms with Gasteiger partial charge in [0.05, 0.1) is 5.56 Å². The molecule has 10 heavy (non-hydrogen) atoms. The average Bonchev–Trinajstić information content (AvgIpc) is 1.92. The van der Waals surface area contributed by atoms with Gasteiger partial charge in [0.15, 0.2) is 5.94 Å². The molecule has 1 aliphatic rings. The topological polar surface area (TPSA) is 26.3 Å². The van der Waals surface area contributed by atoms with Gasteiger partial charge in [0.25, 0.3) is 0 Å². The van der Waals surface area contributed by atoms with Gasteiger partial charge in [0.1, 0.15) is 5.75 Å². The monoisotopic (exact) mass is 132 g/mol. The first-order chi connectivity index (χ1) is 4.92. The summed E-state index contributed by atoms with van der Waals surface area (Å²) in [7, 11) is 0. The second-order valence-electron chi connectivity index (χ2n) is 2.03. The van der Waals surface area contributed by atoms with Crippen LogP contribution < -0.4 is 4.74 Å². The van der Waals surface area contributed by atoms with Crippen molar-refractivity contribution in [2.45, 2.75) is 0 Å². The Hall–Kier alpha value is -1.53. The highest BCUT2D eigenvalue weighted by molar-refractivity contribution is 5.91. The molecule has 0 atom stereocenters. The molecule has 0 unspecified atom stereocenters. The molecule has 0 saturated carbocycles. The van der Waals surface area contributed by atoms with Crippen LogP contribution in [-0.2, 0) is 4.79 Å². The maximum absolute atomic E-state index is 10.1. The van der Waals surface area contributed by atoms with E-state index in [1.807, 2.05) is 24.3 Å². The Morgan fingerprint density at radius 3 is 2.80 bits per heavy atom. The fraction of sp³-hybridized carbons (Fsp3) is 0. The number of carbonyl (C=O) groups excluding carboxylic acids is 1. The van der Waals surface area contributed by atoms with Gasteiger partial charge in [-0.3, -0.25) is 0 Å². The lowest BCUT2D eigenvalue weighted by molar-refractivity contribution is 0.462. The number of ether oxygens (including phenoxy) is 1. The maximum Gasteiger partial charge on any atom is 0.221 e. The van der Waals surface area contributed by atoms with Crippen molar-refractivity contribution in [1.29, 1.82) is 0 Å². The minimum atomic E-state index is 0.315. The molecule has 48 valence electrons. The Balaban J connectivity index is 2.62. The summed E-state index contributed by atoms with van der Waals surface area (Å²) < 4.78 is 4.93. The van der Waals surface area contributed by atoms with Crippen LogP contribution in [0.5, 0.6) is 5.75 Å². The molecule has 0 fully saturated rings. The minimum absolute atomic E-state index is 0.315. The van der Waals surface area contributed by atoms with E-state index in [9.17, 15) is 4.79 Å². The molecule has 0 spiro atoms. The standard InChI is InChI=1S/C8H4O2/c9-5-8-6-3-1-2-4-7(6)10-8/h1-4H. The van der Waals surface area contributed by atoms with Crippen molar-refractivity contribution in [3.8, 4) is 5.75 Å². The number of hydrogen-bond acceptors (Lipinski definition) is 2. The van der Waals surface area contributed by atoms with E-state index in [0.29, 0.717) is 5.76 Å². The Kier molecular flexibility index (Phi) is 0.908. The van der Waals surface area contributed by atoms with E-state index in [4.69, 9.17) is 4.74 Å². The number of benzene rings is 1. The highest BCUT2D eigenvalue weighted by Gasteiger charge is 2.21. The van der Waals surface area contributed by atoms with Crippen molar-refractivity contribution in [3.63, 3.8) is 0 Å². The average molecular weight is 132 g/mol. The summed E-state index contributed by atoms with van der Waals surface area (Å²) in [6.45, 7) is 0. The fourth-order valence-corrected chi connectivity index (χ4v) is 0.938. The van der Waals surface area contributed by atoms with Gasteiger partial charge in [-0.1, -0.05) is 12.1 Å². The Labute approximate surface area is 57.7 Å². The van der Waals surface area contributed by atoms with Crippen LogP contribution in [0.1, 0.15) is 5.56 Å². The molecule has 0 radical (unpaired) electrons. The molecule has 0 aliphatic carbocycles. The zero-order chi connectivity index (χ0) is 6.97. The molecule has 1 aliphatic heterocycles. The maximum atomic E-state index is 10.1. The second kappa shape index (κ2) is 1.72. The zero-order valence-electron chi connectivity index (χ0n) is 5.13. The molecule has 2 nitrogen and oxygen atoms in total. The van der Waals surface area contributed by atoms with Gasteiger partial charge in [-0.2, -0.15) is 0 Å². The van der Waals surface area contributed by atoms with E-state index in [1.165, 1.54) is 0 Å². The number of fused-ring (bicyclic) bond motifs is 1. The van der Waals surface area contributed by atoms with E-state index in [0.717, 1.165) is 11.3 Å². The van der Waals surface area contributed by atoms with E-state index >= 15 is 0 Å². The predicted molar refractivity (Wildman–Crippen MR) is 36.2 cm³/mol. The van der Waals surface area contributed by atoms with Gasteiger partial charge in [0, 0.05) is 0 Å². The third-order valence-electron chi connectivity index (χ3n) is 1.44. The van der Waals surface area contributed by atoms with Gasteiger partial charge in [-0.05, 0) is 12.1 Å².